The van der Waals surface area contributed by atoms with Gasteiger partial charge in [0.1, 0.15) is 22.9 Å². The lowest BCUT2D eigenvalue weighted by atomic mass is 9.85. The van der Waals surface area contributed by atoms with Crippen LogP contribution in [0, 0.1) is 29.1 Å². The Morgan fingerprint density at radius 1 is 1.30 bits per heavy atom. The standard InChI is InChI=1S/C21H25N5O/c1-13-8-14(9-18(27)19(23)15-2-3-15)12-26(11-13)17-5-4-16(10-22)20-21(17)25-7-6-24-20/h4-7,13-15,19H,2-3,8-9,11-12,23H2,1H3/t13-,14-,19?/m0/s1. The van der Waals surface area contributed by atoms with Crippen LogP contribution in [-0.4, -0.2) is 34.9 Å². The van der Waals surface area contributed by atoms with Gasteiger partial charge in [-0.15, -0.1) is 0 Å². The average Bonchev–Trinajstić information content (AvgIpc) is 3.51. The van der Waals surface area contributed by atoms with Crippen LogP contribution in [0.2, 0.25) is 0 Å². The number of nitriles is 1. The number of hydrogen-bond acceptors (Lipinski definition) is 6. The summed E-state index contributed by atoms with van der Waals surface area (Å²) in [4.78, 5) is 23.7. The molecule has 0 spiro atoms. The van der Waals surface area contributed by atoms with E-state index in [1.807, 2.05) is 12.1 Å². The number of carbonyl (C=O) groups excluding carboxylic acids is 1. The van der Waals surface area contributed by atoms with Crippen LogP contribution < -0.4 is 10.6 Å². The third-order valence-corrected chi connectivity index (χ3v) is 5.80. The predicted octanol–water partition coefficient (Wildman–Crippen LogP) is 2.66. The van der Waals surface area contributed by atoms with Gasteiger partial charge in [-0.1, -0.05) is 6.92 Å². The van der Waals surface area contributed by atoms with Crippen molar-refractivity contribution in [1.82, 2.24) is 9.97 Å². The molecule has 2 aromatic rings. The Morgan fingerprint density at radius 3 is 2.74 bits per heavy atom. The Balaban J connectivity index is 1.57. The van der Waals surface area contributed by atoms with Gasteiger partial charge in [0.2, 0.25) is 0 Å². The molecule has 140 valence electrons. The molecule has 6 heteroatoms. The average molecular weight is 363 g/mol. The van der Waals surface area contributed by atoms with Gasteiger partial charge >= 0.3 is 0 Å². The Labute approximate surface area is 159 Å². The normalized spacial score (nSPS) is 23.8. The first-order valence-electron chi connectivity index (χ1n) is 9.74. The van der Waals surface area contributed by atoms with Gasteiger partial charge < -0.3 is 10.6 Å². The molecule has 2 N–H and O–H groups in total. The number of hydrogen-bond donors (Lipinski definition) is 1. The third-order valence-electron chi connectivity index (χ3n) is 5.80. The molecule has 1 aliphatic heterocycles. The van der Waals surface area contributed by atoms with E-state index < -0.39 is 0 Å². The minimum Gasteiger partial charge on any atom is -0.369 e. The van der Waals surface area contributed by atoms with Crippen LogP contribution in [0.5, 0.6) is 0 Å². The molecule has 2 heterocycles. The highest BCUT2D eigenvalue weighted by Gasteiger charge is 2.35. The number of benzene rings is 1. The highest BCUT2D eigenvalue weighted by molar-refractivity contribution is 5.92. The minimum absolute atomic E-state index is 0.209. The van der Waals surface area contributed by atoms with E-state index in [0.29, 0.717) is 35.3 Å². The topological polar surface area (TPSA) is 95.9 Å². The maximum absolute atomic E-state index is 12.5. The van der Waals surface area contributed by atoms with Crippen LogP contribution >= 0.6 is 0 Å². The van der Waals surface area contributed by atoms with Gasteiger partial charge in [0.25, 0.3) is 0 Å². The van der Waals surface area contributed by atoms with Gasteiger partial charge in [0.15, 0.2) is 0 Å². The van der Waals surface area contributed by atoms with Gasteiger partial charge in [-0.25, -0.2) is 0 Å². The molecule has 27 heavy (non-hydrogen) atoms. The highest BCUT2D eigenvalue weighted by Crippen LogP contribution is 2.35. The minimum atomic E-state index is -0.280. The summed E-state index contributed by atoms with van der Waals surface area (Å²) >= 11 is 0. The molecule has 2 fully saturated rings. The van der Waals surface area contributed by atoms with Crippen molar-refractivity contribution in [2.45, 2.75) is 38.6 Å². The monoisotopic (exact) mass is 363 g/mol. The van der Waals surface area contributed by atoms with Crippen molar-refractivity contribution >= 4 is 22.5 Å². The number of carbonyl (C=O) groups is 1. The number of anilines is 1. The van der Waals surface area contributed by atoms with E-state index in [2.05, 4.69) is 27.9 Å². The number of fused-ring (bicyclic) bond motifs is 1. The second-order valence-electron chi connectivity index (χ2n) is 8.14. The molecule has 2 aliphatic rings. The summed E-state index contributed by atoms with van der Waals surface area (Å²) in [5.74, 6) is 1.40. The number of piperidine rings is 1. The number of Topliss-reactive ketones (excluding diaryl/α,β-unsaturated/α-hetero) is 1. The van der Waals surface area contributed by atoms with Crippen molar-refractivity contribution in [3.63, 3.8) is 0 Å². The second-order valence-corrected chi connectivity index (χ2v) is 8.14. The Morgan fingerprint density at radius 2 is 2.04 bits per heavy atom. The first kappa shape index (κ1) is 17.9. The summed E-state index contributed by atoms with van der Waals surface area (Å²) in [5, 5.41) is 9.34. The molecule has 1 aliphatic carbocycles. The molecule has 1 aromatic heterocycles. The molecule has 4 rings (SSSR count). The zero-order valence-electron chi connectivity index (χ0n) is 15.6. The van der Waals surface area contributed by atoms with Gasteiger partial charge in [-0.3, -0.25) is 14.8 Å². The highest BCUT2D eigenvalue weighted by atomic mass is 16.1. The molecule has 1 aromatic carbocycles. The molecular formula is C21H25N5O. The summed E-state index contributed by atoms with van der Waals surface area (Å²) in [6.07, 6.45) is 7.06. The van der Waals surface area contributed by atoms with Crippen LogP contribution in [0.25, 0.3) is 11.0 Å². The summed E-state index contributed by atoms with van der Waals surface area (Å²) in [6, 6.07) is 5.69. The van der Waals surface area contributed by atoms with Crippen molar-refractivity contribution in [3.8, 4) is 6.07 Å². The number of ketones is 1. The number of rotatable bonds is 5. The molecule has 0 radical (unpaired) electrons. The molecule has 1 unspecified atom stereocenters. The quantitative estimate of drug-likeness (QED) is 0.877. The van der Waals surface area contributed by atoms with Gasteiger partial charge in [-0.2, -0.15) is 5.26 Å². The van der Waals surface area contributed by atoms with Crippen LogP contribution in [0.3, 0.4) is 0 Å². The molecular weight excluding hydrogens is 338 g/mol. The summed E-state index contributed by atoms with van der Waals surface area (Å²) in [6.45, 7) is 3.95. The van der Waals surface area contributed by atoms with E-state index in [0.717, 1.165) is 43.6 Å². The van der Waals surface area contributed by atoms with Gasteiger partial charge in [-0.05, 0) is 49.1 Å². The zero-order valence-corrected chi connectivity index (χ0v) is 15.6. The lowest BCUT2D eigenvalue weighted by Gasteiger charge is -2.38. The number of aromatic nitrogens is 2. The van der Waals surface area contributed by atoms with Gasteiger partial charge in [0.05, 0.1) is 17.3 Å². The maximum Gasteiger partial charge on any atom is 0.150 e. The van der Waals surface area contributed by atoms with Crippen LogP contribution in [-0.2, 0) is 4.79 Å². The lowest BCUT2D eigenvalue weighted by molar-refractivity contribution is -0.121. The molecule has 1 saturated heterocycles. The summed E-state index contributed by atoms with van der Waals surface area (Å²) in [5.41, 5.74) is 9.04. The molecule has 0 amide bonds. The Bertz CT molecular complexity index is 901. The predicted molar refractivity (Wildman–Crippen MR) is 104 cm³/mol. The molecule has 1 saturated carbocycles. The van der Waals surface area contributed by atoms with E-state index in [-0.39, 0.29) is 11.8 Å². The fourth-order valence-electron chi connectivity index (χ4n) is 4.35. The first-order valence-corrected chi connectivity index (χ1v) is 9.74. The maximum atomic E-state index is 12.5. The first-order chi connectivity index (χ1) is 13.1. The van der Waals surface area contributed by atoms with E-state index in [1.165, 1.54) is 0 Å². The smallest absolute Gasteiger partial charge is 0.150 e. The summed E-state index contributed by atoms with van der Waals surface area (Å²) < 4.78 is 0. The SMILES string of the molecule is C[C@H]1C[C@@H](CC(=O)C(N)C2CC2)CN(c2ccc(C#N)c3nccnc23)C1. The van der Waals surface area contributed by atoms with Crippen molar-refractivity contribution in [1.29, 1.82) is 5.26 Å². The van der Waals surface area contributed by atoms with Crippen molar-refractivity contribution < 1.29 is 4.79 Å². The molecule has 3 atom stereocenters. The van der Waals surface area contributed by atoms with Crippen LogP contribution in [0.4, 0.5) is 5.69 Å². The van der Waals surface area contributed by atoms with E-state index >= 15 is 0 Å². The number of nitrogens with zero attached hydrogens (tertiary/aromatic N) is 4. The zero-order chi connectivity index (χ0) is 19.0. The summed E-state index contributed by atoms with van der Waals surface area (Å²) in [7, 11) is 0. The largest absolute Gasteiger partial charge is 0.369 e. The van der Waals surface area contributed by atoms with Gasteiger partial charge in [0, 0.05) is 31.9 Å². The van der Waals surface area contributed by atoms with E-state index in [9.17, 15) is 10.1 Å². The van der Waals surface area contributed by atoms with Crippen LogP contribution in [0.15, 0.2) is 24.5 Å². The van der Waals surface area contributed by atoms with Crippen LogP contribution in [0.1, 0.15) is 38.2 Å². The van der Waals surface area contributed by atoms with Crippen molar-refractivity contribution in [2.24, 2.45) is 23.5 Å². The third kappa shape index (κ3) is 3.65. The fraction of sp³-hybridized carbons (Fsp3) is 0.524. The molecule has 6 nitrogen and oxygen atoms in total. The Kier molecular flexibility index (Phi) is 4.79. The second kappa shape index (κ2) is 7.24. The van der Waals surface area contributed by atoms with E-state index in [4.69, 9.17) is 5.73 Å². The van der Waals surface area contributed by atoms with Crippen molar-refractivity contribution in [3.05, 3.63) is 30.1 Å². The fourth-order valence-corrected chi connectivity index (χ4v) is 4.35. The lowest BCUT2D eigenvalue weighted by Crippen LogP contribution is -2.42. The number of nitrogens with two attached hydrogens (primary N) is 1. The Hall–Kier alpha value is -2.52. The molecule has 0 bridgehead atoms. The van der Waals surface area contributed by atoms with Crippen molar-refractivity contribution in [2.75, 3.05) is 18.0 Å². The van der Waals surface area contributed by atoms with E-state index in [1.54, 1.807) is 12.4 Å².